The maximum absolute atomic E-state index is 5.92. The van der Waals surface area contributed by atoms with Crippen LogP contribution in [0.15, 0.2) is 0 Å². The molecule has 2 rings (SSSR count). The van der Waals surface area contributed by atoms with Crippen molar-refractivity contribution < 1.29 is 0 Å². The topological polar surface area (TPSA) is 55.0 Å². The number of aryl methyl sites for hydroxylation is 1. The molecule has 0 bridgehead atoms. The number of nitrogens with zero attached hydrogens (tertiary/aromatic N) is 3. The van der Waals surface area contributed by atoms with Crippen LogP contribution < -0.4 is 10.6 Å². The molecule has 2 atom stereocenters. The van der Waals surface area contributed by atoms with E-state index in [1.54, 1.807) is 0 Å². The second kappa shape index (κ2) is 6.04. The van der Waals surface area contributed by atoms with Gasteiger partial charge in [0.2, 0.25) is 0 Å². The molecule has 1 aromatic heterocycles. The van der Waals surface area contributed by atoms with Crippen molar-refractivity contribution in [1.29, 1.82) is 0 Å². The smallest absolute Gasteiger partial charge is 0.161 e. The van der Waals surface area contributed by atoms with Gasteiger partial charge in [0, 0.05) is 13.1 Å². The zero-order chi connectivity index (χ0) is 14.9. The van der Waals surface area contributed by atoms with Gasteiger partial charge in [-0.1, -0.05) is 32.0 Å². The largest absolute Gasteiger partial charge is 0.389 e. The van der Waals surface area contributed by atoms with E-state index in [1.807, 2.05) is 13.8 Å². The van der Waals surface area contributed by atoms with Crippen LogP contribution in [0.25, 0.3) is 0 Å². The van der Waals surface area contributed by atoms with Crippen LogP contribution in [0.4, 0.5) is 5.82 Å². The predicted octanol–water partition coefficient (Wildman–Crippen LogP) is 2.74. The van der Waals surface area contributed by atoms with E-state index in [4.69, 9.17) is 18.0 Å². The maximum atomic E-state index is 5.92. The fourth-order valence-corrected chi connectivity index (χ4v) is 3.31. The lowest BCUT2D eigenvalue weighted by Crippen LogP contribution is -2.37. The number of thiocarbonyl (C=S) groups is 1. The first-order valence-corrected chi connectivity index (χ1v) is 7.69. The van der Waals surface area contributed by atoms with Gasteiger partial charge in [-0.05, 0) is 38.2 Å². The van der Waals surface area contributed by atoms with Crippen molar-refractivity contribution in [2.75, 3.05) is 11.9 Å². The Kier molecular flexibility index (Phi) is 4.58. The summed E-state index contributed by atoms with van der Waals surface area (Å²) in [4.78, 5) is 2.63. The Morgan fingerprint density at radius 2 is 2.00 bits per heavy atom. The van der Waals surface area contributed by atoms with E-state index < -0.39 is 0 Å². The van der Waals surface area contributed by atoms with E-state index in [-0.39, 0.29) is 0 Å². The Balaban J connectivity index is 2.36. The summed E-state index contributed by atoms with van der Waals surface area (Å²) in [6.45, 7) is 6.27. The van der Waals surface area contributed by atoms with Crippen LogP contribution in [-0.4, -0.2) is 28.3 Å². The third-order valence-electron chi connectivity index (χ3n) is 4.47. The average molecular weight is 292 g/mol. The first-order chi connectivity index (χ1) is 9.41. The Hall–Kier alpha value is -1.23. The molecule has 20 heavy (non-hydrogen) atoms. The van der Waals surface area contributed by atoms with E-state index in [9.17, 15) is 0 Å². The summed E-state index contributed by atoms with van der Waals surface area (Å²) in [5.74, 6) is 1.60. The minimum atomic E-state index is 0.409. The van der Waals surface area contributed by atoms with Gasteiger partial charge in [0.25, 0.3) is 0 Å². The normalized spacial score (nSPS) is 22.6. The van der Waals surface area contributed by atoms with E-state index in [0.29, 0.717) is 11.0 Å². The first-order valence-electron chi connectivity index (χ1n) is 7.28. The highest BCUT2D eigenvalue weighted by Gasteiger charge is 2.26. The minimum Gasteiger partial charge on any atom is -0.389 e. The molecule has 1 aliphatic carbocycles. The maximum Gasteiger partial charge on any atom is 0.161 e. The quantitative estimate of drug-likeness (QED) is 0.868. The zero-order valence-corrected chi connectivity index (χ0v) is 13.6. The molecule has 0 saturated heterocycles. The predicted molar refractivity (Wildman–Crippen MR) is 87.2 cm³/mol. The molecule has 1 fully saturated rings. The second-order valence-electron chi connectivity index (χ2n) is 6.01. The van der Waals surface area contributed by atoms with Gasteiger partial charge in [0.1, 0.15) is 4.99 Å². The lowest BCUT2D eigenvalue weighted by molar-refractivity contribution is 0.335. The van der Waals surface area contributed by atoms with Gasteiger partial charge in [-0.15, -0.1) is 5.10 Å². The molecule has 110 valence electrons. The summed E-state index contributed by atoms with van der Waals surface area (Å²) in [6.07, 6.45) is 5.00. The summed E-state index contributed by atoms with van der Waals surface area (Å²) in [7, 11) is 2.09. The summed E-state index contributed by atoms with van der Waals surface area (Å²) < 4.78 is 0. The van der Waals surface area contributed by atoms with Crippen LogP contribution in [0, 0.1) is 19.8 Å². The fourth-order valence-electron chi connectivity index (χ4n) is 3.06. The number of aromatic nitrogens is 2. The highest BCUT2D eigenvalue weighted by Crippen LogP contribution is 2.31. The summed E-state index contributed by atoms with van der Waals surface area (Å²) in [5.41, 5.74) is 8.73. The van der Waals surface area contributed by atoms with Crippen LogP contribution in [-0.2, 0) is 0 Å². The van der Waals surface area contributed by atoms with Crippen molar-refractivity contribution in [3.05, 3.63) is 16.8 Å². The second-order valence-corrected chi connectivity index (χ2v) is 6.45. The number of nitrogens with two attached hydrogens (primary N) is 1. The zero-order valence-electron chi connectivity index (χ0n) is 12.8. The Labute approximate surface area is 126 Å². The number of hydrogen-bond acceptors (Lipinski definition) is 4. The third-order valence-corrected chi connectivity index (χ3v) is 4.68. The molecular formula is C15H24N4S. The molecule has 2 unspecified atom stereocenters. The van der Waals surface area contributed by atoms with Gasteiger partial charge < -0.3 is 10.6 Å². The standard InChI is InChI=1S/C15H24N4S/c1-9-6-5-7-12(8-9)19(4)15-13(14(16)20)10(2)11(3)17-18-15/h9,12H,5-8H2,1-4H3,(H2,16,20). The van der Waals surface area contributed by atoms with Crippen LogP contribution in [0.2, 0.25) is 0 Å². The molecule has 0 aromatic carbocycles. The fraction of sp³-hybridized carbons (Fsp3) is 0.667. The molecular weight excluding hydrogens is 268 g/mol. The van der Waals surface area contributed by atoms with E-state index >= 15 is 0 Å². The third kappa shape index (κ3) is 2.92. The number of hydrogen-bond donors (Lipinski definition) is 1. The van der Waals surface area contributed by atoms with E-state index in [0.717, 1.165) is 28.6 Å². The summed E-state index contributed by atoms with van der Waals surface area (Å²) in [5, 5.41) is 8.62. The average Bonchev–Trinajstić information content (AvgIpc) is 2.40. The molecule has 2 N–H and O–H groups in total. The minimum absolute atomic E-state index is 0.409. The molecule has 4 nitrogen and oxygen atoms in total. The van der Waals surface area contributed by atoms with Crippen LogP contribution in [0.1, 0.15) is 49.4 Å². The Bertz CT molecular complexity index is 515. The van der Waals surface area contributed by atoms with Crippen molar-refractivity contribution in [2.24, 2.45) is 11.7 Å². The Morgan fingerprint density at radius 3 is 2.60 bits per heavy atom. The van der Waals surface area contributed by atoms with Gasteiger partial charge in [-0.25, -0.2) is 0 Å². The molecule has 1 heterocycles. The highest BCUT2D eigenvalue weighted by atomic mass is 32.1. The van der Waals surface area contributed by atoms with Crippen molar-refractivity contribution in [3.8, 4) is 0 Å². The van der Waals surface area contributed by atoms with Crippen LogP contribution in [0.5, 0.6) is 0 Å². The van der Waals surface area contributed by atoms with Gasteiger partial charge >= 0.3 is 0 Å². The van der Waals surface area contributed by atoms with Crippen LogP contribution in [0.3, 0.4) is 0 Å². The van der Waals surface area contributed by atoms with Crippen molar-refractivity contribution in [3.63, 3.8) is 0 Å². The summed E-state index contributed by atoms with van der Waals surface area (Å²) >= 11 is 5.22. The van der Waals surface area contributed by atoms with Crippen LogP contribution >= 0.6 is 12.2 Å². The van der Waals surface area contributed by atoms with Gasteiger partial charge in [-0.3, -0.25) is 0 Å². The molecule has 1 aromatic rings. The lowest BCUT2D eigenvalue weighted by atomic mass is 9.86. The summed E-state index contributed by atoms with van der Waals surface area (Å²) in [6, 6.07) is 0.503. The van der Waals surface area contributed by atoms with Gasteiger partial charge in [0.15, 0.2) is 5.82 Å². The molecule has 0 spiro atoms. The number of anilines is 1. The molecule has 0 aliphatic heterocycles. The first kappa shape index (κ1) is 15.2. The SMILES string of the molecule is Cc1nnc(N(C)C2CCCC(C)C2)c(C(N)=S)c1C. The highest BCUT2D eigenvalue weighted by molar-refractivity contribution is 7.80. The van der Waals surface area contributed by atoms with E-state index in [2.05, 4.69) is 29.1 Å². The Morgan fingerprint density at radius 1 is 1.30 bits per heavy atom. The van der Waals surface area contributed by atoms with Gasteiger partial charge in [0.05, 0.1) is 11.3 Å². The molecule has 5 heteroatoms. The molecule has 0 radical (unpaired) electrons. The van der Waals surface area contributed by atoms with Crippen molar-refractivity contribution >= 4 is 23.0 Å². The van der Waals surface area contributed by atoms with E-state index in [1.165, 1.54) is 25.7 Å². The van der Waals surface area contributed by atoms with Crippen molar-refractivity contribution in [2.45, 2.75) is 52.5 Å². The lowest BCUT2D eigenvalue weighted by Gasteiger charge is -2.35. The van der Waals surface area contributed by atoms with Crippen molar-refractivity contribution in [1.82, 2.24) is 10.2 Å². The molecule has 0 amide bonds. The molecule has 1 aliphatic rings. The monoisotopic (exact) mass is 292 g/mol. The molecule has 1 saturated carbocycles. The van der Waals surface area contributed by atoms with Gasteiger partial charge in [-0.2, -0.15) is 5.10 Å². The number of rotatable bonds is 3.